The molecule has 0 aliphatic carbocycles. The summed E-state index contributed by atoms with van der Waals surface area (Å²) in [6.45, 7) is 9.58. The minimum absolute atomic E-state index is 0.0536. The van der Waals surface area contributed by atoms with Crippen molar-refractivity contribution in [2.24, 2.45) is 11.3 Å². The average Bonchev–Trinajstić information content (AvgIpc) is 2.71. The van der Waals surface area contributed by atoms with Gasteiger partial charge in [-0.2, -0.15) is 0 Å². The van der Waals surface area contributed by atoms with E-state index in [-0.39, 0.29) is 36.1 Å². The number of hydrogen-bond acceptors (Lipinski definition) is 4. The quantitative estimate of drug-likeness (QED) is 0.663. The molecule has 172 valence electrons. The molecule has 2 N–H and O–H groups in total. The van der Waals surface area contributed by atoms with Crippen LogP contribution < -0.4 is 10.6 Å². The molecule has 7 nitrogen and oxygen atoms in total. The number of halogens is 1. The average molecular weight is 452 g/mol. The fraction of sp³-hybridized carbons (Fsp3) is 0.609. The molecule has 1 fully saturated rings. The number of carbonyl (C=O) groups excluding carboxylic acids is 3. The maximum absolute atomic E-state index is 13.3. The lowest BCUT2D eigenvalue weighted by Crippen LogP contribution is -2.56. The van der Waals surface area contributed by atoms with Gasteiger partial charge in [0.05, 0.1) is 7.11 Å². The minimum Gasteiger partial charge on any atom is -0.453 e. The molecule has 8 heteroatoms. The van der Waals surface area contributed by atoms with Gasteiger partial charge in [-0.3, -0.25) is 9.59 Å². The van der Waals surface area contributed by atoms with Crippen molar-refractivity contribution in [2.45, 2.75) is 52.5 Å². The highest BCUT2D eigenvalue weighted by Crippen LogP contribution is 2.42. The normalized spacial score (nSPS) is 18.9. The number of amides is 3. The van der Waals surface area contributed by atoms with Gasteiger partial charge in [0.25, 0.3) is 0 Å². The Bertz CT molecular complexity index is 780. The Morgan fingerprint density at radius 2 is 1.87 bits per heavy atom. The monoisotopic (exact) mass is 451 g/mol. The first-order valence-electron chi connectivity index (χ1n) is 10.7. The van der Waals surface area contributed by atoms with Gasteiger partial charge in [-0.15, -0.1) is 0 Å². The summed E-state index contributed by atoms with van der Waals surface area (Å²) in [5.74, 6) is -0.0712. The number of piperidine rings is 1. The van der Waals surface area contributed by atoms with Gasteiger partial charge in [-0.05, 0) is 41.4 Å². The largest absolute Gasteiger partial charge is 0.453 e. The van der Waals surface area contributed by atoms with Crippen molar-refractivity contribution < 1.29 is 19.1 Å². The van der Waals surface area contributed by atoms with Crippen LogP contribution in [-0.4, -0.2) is 55.6 Å². The highest BCUT2D eigenvalue weighted by molar-refractivity contribution is 6.30. The summed E-state index contributed by atoms with van der Waals surface area (Å²) < 4.78 is 4.49. The number of hydrogen-bond donors (Lipinski definition) is 2. The number of nitrogens with zero attached hydrogens (tertiary/aromatic N) is 1. The van der Waals surface area contributed by atoms with E-state index in [9.17, 15) is 14.4 Å². The summed E-state index contributed by atoms with van der Waals surface area (Å²) in [5, 5.41) is 6.03. The predicted molar refractivity (Wildman–Crippen MR) is 121 cm³/mol. The number of benzene rings is 1. The number of likely N-dealkylation sites (tertiary alicyclic amines) is 1. The first kappa shape index (κ1) is 25.0. The van der Waals surface area contributed by atoms with E-state index in [4.69, 9.17) is 11.6 Å². The van der Waals surface area contributed by atoms with Crippen LogP contribution in [0.1, 0.15) is 52.0 Å². The molecule has 1 aromatic carbocycles. The van der Waals surface area contributed by atoms with Crippen molar-refractivity contribution in [1.29, 1.82) is 0 Å². The van der Waals surface area contributed by atoms with Gasteiger partial charge in [-0.25, -0.2) is 4.79 Å². The van der Waals surface area contributed by atoms with E-state index in [0.717, 1.165) is 6.42 Å². The number of rotatable bonds is 7. The van der Waals surface area contributed by atoms with Gasteiger partial charge in [0.1, 0.15) is 6.04 Å². The van der Waals surface area contributed by atoms with E-state index in [2.05, 4.69) is 41.4 Å². The molecule has 1 aliphatic heterocycles. The molecular weight excluding hydrogens is 418 g/mol. The second-order valence-electron chi connectivity index (χ2n) is 9.10. The maximum atomic E-state index is 13.3. The molecule has 1 unspecified atom stereocenters. The van der Waals surface area contributed by atoms with Crippen LogP contribution >= 0.6 is 11.6 Å². The molecular formula is C23H34ClN3O4. The van der Waals surface area contributed by atoms with Crippen molar-refractivity contribution in [3.05, 3.63) is 34.9 Å². The fourth-order valence-electron chi connectivity index (χ4n) is 4.16. The molecule has 1 heterocycles. The van der Waals surface area contributed by atoms with Gasteiger partial charge in [0.15, 0.2) is 0 Å². The number of nitrogens with one attached hydrogen (secondary N) is 2. The maximum Gasteiger partial charge on any atom is 0.406 e. The van der Waals surface area contributed by atoms with Crippen molar-refractivity contribution in [1.82, 2.24) is 15.5 Å². The van der Waals surface area contributed by atoms with Crippen LogP contribution in [0.15, 0.2) is 24.3 Å². The number of carbonyl (C=O) groups is 3. The lowest BCUT2D eigenvalue weighted by Gasteiger charge is -2.45. The van der Waals surface area contributed by atoms with E-state index in [1.807, 2.05) is 30.9 Å². The first-order chi connectivity index (χ1) is 14.5. The molecule has 1 saturated heterocycles. The standard InChI is InChI=1S/C23H34ClN3O4/c1-15(2)20(26-19(28)10-12-25-22(30)31-5)21(29)27-13-11-18(23(3,4)14-27)16-6-8-17(24)9-7-16/h6-9,15,18,20H,10-14H2,1-5H3,(H,25,30)(H,26,28)/t18?,20-/m1/s1. The molecule has 1 aromatic rings. The summed E-state index contributed by atoms with van der Waals surface area (Å²) in [4.78, 5) is 38.6. The third kappa shape index (κ3) is 6.86. The van der Waals surface area contributed by atoms with Crippen molar-refractivity contribution in [3.8, 4) is 0 Å². The topological polar surface area (TPSA) is 87.7 Å². The molecule has 0 bridgehead atoms. The summed E-state index contributed by atoms with van der Waals surface area (Å²) in [7, 11) is 1.26. The summed E-state index contributed by atoms with van der Waals surface area (Å²) in [5.41, 5.74) is 1.12. The zero-order valence-corrected chi connectivity index (χ0v) is 19.8. The third-order valence-electron chi connectivity index (χ3n) is 5.87. The number of alkyl carbamates (subject to hydrolysis) is 1. The molecule has 1 aliphatic rings. The molecule has 0 aromatic heterocycles. The third-order valence-corrected chi connectivity index (χ3v) is 6.12. The lowest BCUT2D eigenvalue weighted by atomic mass is 9.70. The Morgan fingerprint density at radius 3 is 2.42 bits per heavy atom. The molecule has 0 saturated carbocycles. The van der Waals surface area contributed by atoms with Crippen LogP contribution in [0, 0.1) is 11.3 Å². The van der Waals surface area contributed by atoms with Crippen LogP contribution in [-0.2, 0) is 14.3 Å². The molecule has 2 rings (SSSR count). The SMILES string of the molecule is COC(=O)NCCC(=O)N[C@@H](C(=O)N1CCC(c2ccc(Cl)cc2)C(C)(C)C1)C(C)C. The van der Waals surface area contributed by atoms with Crippen LogP contribution in [0.4, 0.5) is 4.79 Å². The predicted octanol–water partition coefficient (Wildman–Crippen LogP) is 3.57. The van der Waals surface area contributed by atoms with Crippen molar-refractivity contribution in [3.63, 3.8) is 0 Å². The number of methoxy groups -OCH3 is 1. The summed E-state index contributed by atoms with van der Waals surface area (Å²) in [6, 6.07) is 7.33. The first-order valence-corrected chi connectivity index (χ1v) is 11.1. The fourth-order valence-corrected chi connectivity index (χ4v) is 4.29. The van der Waals surface area contributed by atoms with Crippen LogP contribution in [0.2, 0.25) is 5.02 Å². The van der Waals surface area contributed by atoms with Crippen LogP contribution in [0.5, 0.6) is 0 Å². The Hall–Kier alpha value is -2.28. The van der Waals surface area contributed by atoms with Crippen molar-refractivity contribution >= 4 is 29.5 Å². The van der Waals surface area contributed by atoms with Gasteiger partial charge >= 0.3 is 6.09 Å². The minimum atomic E-state index is -0.603. The van der Waals surface area contributed by atoms with Crippen molar-refractivity contribution in [2.75, 3.05) is 26.7 Å². The Labute approximate surface area is 189 Å². The smallest absolute Gasteiger partial charge is 0.406 e. The van der Waals surface area contributed by atoms with Crippen LogP contribution in [0.25, 0.3) is 0 Å². The Kier molecular flexibility index (Phi) is 8.74. The van der Waals surface area contributed by atoms with E-state index >= 15 is 0 Å². The lowest BCUT2D eigenvalue weighted by molar-refractivity contribution is -0.140. The highest BCUT2D eigenvalue weighted by Gasteiger charge is 2.40. The summed E-state index contributed by atoms with van der Waals surface area (Å²) in [6.07, 6.45) is 0.341. The van der Waals surface area contributed by atoms with E-state index in [1.165, 1.54) is 12.7 Å². The van der Waals surface area contributed by atoms with Crippen LogP contribution in [0.3, 0.4) is 0 Å². The summed E-state index contributed by atoms with van der Waals surface area (Å²) >= 11 is 6.03. The Morgan fingerprint density at radius 1 is 1.23 bits per heavy atom. The number of ether oxygens (including phenoxy) is 1. The molecule has 3 amide bonds. The highest BCUT2D eigenvalue weighted by atomic mass is 35.5. The second kappa shape index (κ2) is 10.8. The van der Waals surface area contributed by atoms with Gasteiger partial charge in [-0.1, -0.05) is 51.4 Å². The second-order valence-corrected chi connectivity index (χ2v) is 9.54. The zero-order chi connectivity index (χ0) is 23.2. The molecule has 0 spiro atoms. The van der Waals surface area contributed by atoms with Gasteiger partial charge < -0.3 is 20.3 Å². The molecule has 31 heavy (non-hydrogen) atoms. The molecule has 0 radical (unpaired) electrons. The van der Waals surface area contributed by atoms with E-state index in [0.29, 0.717) is 24.0 Å². The van der Waals surface area contributed by atoms with Gasteiger partial charge in [0.2, 0.25) is 11.8 Å². The van der Waals surface area contributed by atoms with Gasteiger partial charge in [0, 0.05) is 31.1 Å². The molecule has 2 atom stereocenters. The zero-order valence-electron chi connectivity index (χ0n) is 19.0. The Balaban J connectivity index is 2.00. The van der Waals surface area contributed by atoms with E-state index < -0.39 is 12.1 Å². The van der Waals surface area contributed by atoms with E-state index in [1.54, 1.807) is 0 Å².